The molecule has 0 unspecified atom stereocenters. The van der Waals surface area contributed by atoms with E-state index in [1.807, 2.05) is 0 Å². The molecule has 12 aliphatic carbocycles. The molecular weight excluding hydrogens is 1330 g/mol. The standard InChI is InChI=1S/C20H36.2C19H34.2C18H32.C17H30/c1-3-5-6-8-18-11-15-20(16-12-18)19-13-9-17(7-4-2)10-14-19;1-3-5-6-7-17-10-14-19(15-11-17)18-12-8-16(4-2)9-13-18;1-3-5-7-17-10-14-19(15-11-17)18-12-8-16(6-4-2)9-13-18;1-3-5-6-16-9-13-18(14-10-16)17-11-7-15(4-2)8-12-17;1-3-5-15-7-11-17(12-8-15)18-13-9-16(6-4-2)10-14-18;1-3-5-15-8-12-17(13-9-15)16-10-6-14(4-2)7-11-16/h4,7,17-20H,3,5-6,8-16H2,1-2H3;4,16-19H,2-3,5-15H2,1H3;4,6,16-19H,3,5,7-15H2,1-2H3;4,15-18H,2-3,5-14H2,1H3;3,5,15-18H,4,6-14H2,1-2H3;4,14-17H,2-3,5-13H2,1H3/b7-4+;;6-4+;;5-3+;. The maximum atomic E-state index is 3.97. The van der Waals surface area contributed by atoms with E-state index >= 15 is 0 Å². The fourth-order valence-electron chi connectivity index (χ4n) is 26.7. The predicted octanol–water partition coefficient (Wildman–Crippen LogP) is 37.0. The van der Waals surface area contributed by atoms with Crippen LogP contribution in [0.2, 0.25) is 0 Å². The van der Waals surface area contributed by atoms with Crippen LogP contribution >= 0.6 is 0 Å². The van der Waals surface area contributed by atoms with Gasteiger partial charge in [-0.3, -0.25) is 0 Å². The van der Waals surface area contributed by atoms with Crippen molar-refractivity contribution in [2.45, 2.75) is 486 Å². The molecule has 0 atom stereocenters. The summed E-state index contributed by atoms with van der Waals surface area (Å²) >= 11 is 0. The van der Waals surface area contributed by atoms with Crippen LogP contribution in [0.3, 0.4) is 0 Å². The summed E-state index contributed by atoms with van der Waals surface area (Å²) in [5.41, 5.74) is 0. The molecule has 0 aliphatic heterocycles. The van der Waals surface area contributed by atoms with E-state index in [0.29, 0.717) is 0 Å². The highest BCUT2D eigenvalue weighted by Gasteiger charge is 2.37. The van der Waals surface area contributed by atoms with Gasteiger partial charge in [-0.1, -0.05) is 289 Å². The zero-order valence-corrected chi connectivity index (χ0v) is 76.8. The second-order valence-corrected chi connectivity index (χ2v) is 41.9. The average Bonchev–Trinajstić information content (AvgIpc) is 0.906. The molecule has 12 rings (SSSR count). The summed E-state index contributed by atoms with van der Waals surface area (Å²) in [6.45, 7) is 32.4. The summed E-state index contributed by atoms with van der Waals surface area (Å²) in [5.74, 6) is 24.6. The third kappa shape index (κ3) is 37.3. The van der Waals surface area contributed by atoms with Crippen LogP contribution in [0, 0.1) is 142 Å². The lowest BCUT2D eigenvalue weighted by molar-refractivity contribution is 0.151. The van der Waals surface area contributed by atoms with Crippen molar-refractivity contribution in [2.75, 3.05) is 0 Å². The molecule has 0 N–H and O–H groups in total. The third-order valence-corrected chi connectivity index (χ3v) is 34.4. The average molecular weight is 1530 g/mol. The molecule has 0 heterocycles. The normalized spacial score (nSPS) is 37.1. The van der Waals surface area contributed by atoms with E-state index in [1.54, 1.807) is 77.0 Å². The van der Waals surface area contributed by atoms with Crippen molar-refractivity contribution in [1.82, 2.24) is 0 Å². The third-order valence-electron chi connectivity index (χ3n) is 34.4. The maximum Gasteiger partial charge on any atom is -0.0233 e. The highest BCUT2D eigenvalue weighted by molar-refractivity contribution is 4.96. The lowest BCUT2D eigenvalue weighted by Gasteiger charge is -2.37. The summed E-state index contributed by atoms with van der Waals surface area (Å²) < 4.78 is 0. The van der Waals surface area contributed by atoms with E-state index in [-0.39, 0.29) is 0 Å². The van der Waals surface area contributed by atoms with E-state index in [4.69, 9.17) is 0 Å². The van der Waals surface area contributed by atoms with Crippen molar-refractivity contribution in [3.05, 3.63) is 74.4 Å². The fraction of sp³-hybridized carbons (Fsp3) is 0.892. The van der Waals surface area contributed by atoms with E-state index in [9.17, 15) is 0 Å². The lowest BCUT2D eigenvalue weighted by Crippen LogP contribution is -2.25. The van der Waals surface area contributed by atoms with Crippen molar-refractivity contribution in [3.8, 4) is 0 Å². The molecule has 0 aromatic carbocycles. The van der Waals surface area contributed by atoms with E-state index < -0.39 is 0 Å². The predicted molar refractivity (Wildman–Crippen MR) is 498 cm³/mol. The highest BCUT2D eigenvalue weighted by atomic mass is 14.4. The van der Waals surface area contributed by atoms with Gasteiger partial charge in [0.1, 0.15) is 0 Å². The molecule has 0 nitrogen and oxygen atoms in total. The molecule has 642 valence electrons. The monoisotopic (exact) mass is 1530 g/mol. The van der Waals surface area contributed by atoms with Gasteiger partial charge >= 0.3 is 0 Å². The molecule has 111 heavy (non-hydrogen) atoms. The number of unbranched alkanes of at least 4 members (excludes halogenated alkanes) is 6. The summed E-state index contributed by atoms with van der Waals surface area (Å²) in [6.07, 6.45) is 119. The van der Waals surface area contributed by atoms with Gasteiger partial charge in [-0.25, -0.2) is 0 Å². The maximum absolute atomic E-state index is 3.97. The van der Waals surface area contributed by atoms with Crippen LogP contribution < -0.4 is 0 Å². The van der Waals surface area contributed by atoms with Crippen LogP contribution in [0.1, 0.15) is 486 Å². The van der Waals surface area contributed by atoms with Crippen molar-refractivity contribution >= 4 is 0 Å². The largest absolute Gasteiger partial charge is 0.103 e. The van der Waals surface area contributed by atoms with E-state index in [0.717, 1.165) is 142 Å². The van der Waals surface area contributed by atoms with Crippen LogP contribution in [-0.2, 0) is 0 Å². The van der Waals surface area contributed by atoms with E-state index in [2.05, 4.69) is 137 Å². The molecule has 12 aliphatic rings. The fourth-order valence-corrected chi connectivity index (χ4v) is 26.7. The quantitative estimate of drug-likeness (QED) is 0.0497. The molecule has 0 aromatic heterocycles. The van der Waals surface area contributed by atoms with Crippen molar-refractivity contribution in [2.24, 2.45) is 142 Å². The van der Waals surface area contributed by atoms with Gasteiger partial charge in [-0.15, -0.1) is 19.7 Å². The number of allylic oxidation sites excluding steroid dienone is 9. The Kier molecular flexibility index (Phi) is 51.5. The van der Waals surface area contributed by atoms with Crippen LogP contribution in [0.4, 0.5) is 0 Å². The molecule has 0 bridgehead atoms. The van der Waals surface area contributed by atoms with Gasteiger partial charge in [-0.05, 0) is 394 Å². The Bertz CT molecular complexity index is 2260. The topological polar surface area (TPSA) is 0 Å². The molecule has 0 radical (unpaired) electrons. The second kappa shape index (κ2) is 59.2. The van der Waals surface area contributed by atoms with Crippen LogP contribution in [0.15, 0.2) is 74.4 Å². The first kappa shape index (κ1) is 96.6. The van der Waals surface area contributed by atoms with Gasteiger partial charge in [0.05, 0.1) is 0 Å². The first-order chi connectivity index (χ1) is 54.5. The van der Waals surface area contributed by atoms with Gasteiger partial charge in [-0.2, -0.15) is 0 Å². The molecule has 0 amide bonds. The zero-order valence-electron chi connectivity index (χ0n) is 76.8. The molecule has 0 saturated heterocycles. The molecule has 0 spiro atoms. The van der Waals surface area contributed by atoms with Gasteiger partial charge in [0.2, 0.25) is 0 Å². The molecule has 12 saturated carbocycles. The lowest BCUT2D eigenvalue weighted by atomic mass is 9.68. The summed E-state index contributed by atoms with van der Waals surface area (Å²) in [6, 6.07) is 0. The van der Waals surface area contributed by atoms with Gasteiger partial charge in [0.15, 0.2) is 0 Å². The smallest absolute Gasteiger partial charge is 0.0233 e. The number of hydrogen-bond donors (Lipinski definition) is 0. The molecule has 0 aromatic rings. The Balaban J connectivity index is 0.000000185. The zero-order chi connectivity index (χ0) is 78.9. The van der Waals surface area contributed by atoms with Crippen LogP contribution in [-0.4, -0.2) is 0 Å². The first-order valence-corrected chi connectivity index (χ1v) is 52.2. The minimum Gasteiger partial charge on any atom is -0.103 e. The molecular formula is C111H198. The van der Waals surface area contributed by atoms with Crippen molar-refractivity contribution in [1.29, 1.82) is 0 Å². The van der Waals surface area contributed by atoms with E-state index in [1.165, 1.54) is 347 Å². The highest BCUT2D eigenvalue weighted by Crippen LogP contribution is 2.49. The van der Waals surface area contributed by atoms with Gasteiger partial charge in [0, 0.05) is 0 Å². The molecule has 12 fully saturated rings. The van der Waals surface area contributed by atoms with Crippen LogP contribution in [0.5, 0.6) is 0 Å². The number of rotatable bonds is 30. The molecule has 0 heteroatoms. The Morgan fingerprint density at radius 3 is 0.477 bits per heavy atom. The van der Waals surface area contributed by atoms with Crippen molar-refractivity contribution < 1.29 is 0 Å². The minimum atomic E-state index is 0.835. The Labute approximate surface area is 698 Å². The minimum absolute atomic E-state index is 0.835. The summed E-state index contributed by atoms with van der Waals surface area (Å²) in [7, 11) is 0. The van der Waals surface area contributed by atoms with Crippen LogP contribution in [0.25, 0.3) is 0 Å². The van der Waals surface area contributed by atoms with Gasteiger partial charge in [0.25, 0.3) is 0 Å². The van der Waals surface area contributed by atoms with Crippen molar-refractivity contribution in [3.63, 3.8) is 0 Å². The SMILES string of the molecule is C/C=C/C1CCC(C2CCC(CCC)CC2)CC1.C/C=C/C1CCC(C2CCC(CCCC)CC2)CC1.C/C=C/C1CCC(C2CCC(CCCCC)CC2)CC1.C=CC1CCC(C2CCC(CCC)CC2)CC1.C=CC1CCC(C2CCC(CCCC)CC2)CC1.C=CC1CCC(C2CCC(CCCCC)CC2)CC1. The first-order valence-electron chi connectivity index (χ1n) is 52.2. The Hall–Kier alpha value is -1.56. The summed E-state index contributed by atoms with van der Waals surface area (Å²) in [4.78, 5) is 0. The second-order valence-electron chi connectivity index (χ2n) is 41.9. The number of hydrogen-bond acceptors (Lipinski definition) is 0. The van der Waals surface area contributed by atoms with Gasteiger partial charge < -0.3 is 0 Å². The Morgan fingerprint density at radius 1 is 0.171 bits per heavy atom. The Morgan fingerprint density at radius 2 is 0.324 bits per heavy atom. The summed E-state index contributed by atoms with van der Waals surface area (Å²) in [5, 5.41) is 0.